The average molecular weight is 320 g/mol. The minimum Gasteiger partial charge on any atom is -0.331 e. The van der Waals surface area contributed by atoms with Gasteiger partial charge in [0.25, 0.3) is 0 Å². The van der Waals surface area contributed by atoms with Crippen molar-refractivity contribution in [3.8, 4) is 11.1 Å². The van der Waals surface area contributed by atoms with Crippen LogP contribution in [0, 0.1) is 6.92 Å². The van der Waals surface area contributed by atoms with Crippen LogP contribution in [0.5, 0.6) is 0 Å². The summed E-state index contributed by atoms with van der Waals surface area (Å²) < 4.78 is 2.10. The van der Waals surface area contributed by atoms with E-state index in [-0.39, 0.29) is 12.4 Å². The quantitative estimate of drug-likeness (QED) is 0.717. The number of halogens is 2. The molecule has 0 bridgehead atoms. The van der Waals surface area contributed by atoms with Gasteiger partial charge in [-0.1, -0.05) is 23.7 Å². The van der Waals surface area contributed by atoms with E-state index in [0.717, 1.165) is 34.1 Å². The molecule has 2 heterocycles. The zero-order valence-corrected chi connectivity index (χ0v) is 13.1. The van der Waals surface area contributed by atoms with Crippen molar-refractivity contribution in [2.45, 2.75) is 13.5 Å². The molecule has 0 spiro atoms. The first kappa shape index (κ1) is 15.5. The predicted octanol–water partition coefficient (Wildman–Crippen LogP) is 4.38. The highest BCUT2D eigenvalue weighted by molar-refractivity contribution is 6.30. The molecule has 0 N–H and O–H groups in total. The molecule has 0 aliphatic carbocycles. The highest BCUT2D eigenvalue weighted by Crippen LogP contribution is 2.22. The first-order valence-electron chi connectivity index (χ1n) is 6.40. The zero-order chi connectivity index (χ0) is 13.9. The highest BCUT2D eigenvalue weighted by Gasteiger charge is 2.03. The number of aryl methyl sites for hydroxylation is 1. The summed E-state index contributed by atoms with van der Waals surface area (Å²) in [7, 11) is 0. The summed E-state index contributed by atoms with van der Waals surface area (Å²) in [4.78, 5) is 8.56. The normalized spacial score (nSPS) is 10.2. The Bertz CT molecular complexity index is 720. The predicted molar refractivity (Wildman–Crippen MR) is 88.0 cm³/mol. The summed E-state index contributed by atoms with van der Waals surface area (Å²) in [6, 6.07) is 9.94. The van der Waals surface area contributed by atoms with Gasteiger partial charge in [-0.2, -0.15) is 0 Å². The van der Waals surface area contributed by atoms with E-state index in [2.05, 4.69) is 20.6 Å². The molecule has 108 valence electrons. The lowest BCUT2D eigenvalue weighted by Gasteiger charge is -2.07. The van der Waals surface area contributed by atoms with Crippen LogP contribution in [0.4, 0.5) is 0 Å². The molecule has 0 radical (unpaired) electrons. The number of hydrogen-bond donors (Lipinski definition) is 0. The molecule has 0 saturated carbocycles. The molecule has 1 aromatic carbocycles. The van der Waals surface area contributed by atoms with Gasteiger partial charge in [-0.05, 0) is 36.2 Å². The topological polar surface area (TPSA) is 30.7 Å². The highest BCUT2D eigenvalue weighted by atomic mass is 35.5. The van der Waals surface area contributed by atoms with E-state index in [0.29, 0.717) is 0 Å². The van der Waals surface area contributed by atoms with Gasteiger partial charge in [0.2, 0.25) is 0 Å². The van der Waals surface area contributed by atoms with Crippen LogP contribution in [0.3, 0.4) is 0 Å². The van der Waals surface area contributed by atoms with Crippen LogP contribution in [0.1, 0.15) is 11.4 Å². The largest absolute Gasteiger partial charge is 0.331 e. The van der Waals surface area contributed by atoms with E-state index in [9.17, 15) is 0 Å². The third-order valence-electron chi connectivity index (χ3n) is 3.25. The summed E-state index contributed by atoms with van der Waals surface area (Å²) in [6.07, 6.45) is 7.54. The molecule has 5 heteroatoms. The van der Waals surface area contributed by atoms with E-state index in [4.69, 9.17) is 11.6 Å². The molecule has 0 atom stereocenters. The summed E-state index contributed by atoms with van der Waals surface area (Å²) >= 11 is 5.92. The van der Waals surface area contributed by atoms with Crippen molar-refractivity contribution >= 4 is 24.0 Å². The van der Waals surface area contributed by atoms with Crippen LogP contribution in [-0.4, -0.2) is 14.5 Å². The van der Waals surface area contributed by atoms with Crippen molar-refractivity contribution in [2.75, 3.05) is 0 Å². The number of pyridine rings is 1. The molecule has 0 aliphatic rings. The Morgan fingerprint density at radius 3 is 2.52 bits per heavy atom. The van der Waals surface area contributed by atoms with E-state index >= 15 is 0 Å². The van der Waals surface area contributed by atoms with Crippen molar-refractivity contribution in [1.29, 1.82) is 0 Å². The van der Waals surface area contributed by atoms with Gasteiger partial charge in [0.05, 0.1) is 6.54 Å². The molecule has 0 saturated heterocycles. The molecule has 3 rings (SSSR count). The second kappa shape index (κ2) is 6.74. The Kier molecular flexibility index (Phi) is 4.99. The van der Waals surface area contributed by atoms with Crippen LogP contribution < -0.4 is 0 Å². The van der Waals surface area contributed by atoms with Crippen LogP contribution in [0.2, 0.25) is 5.02 Å². The smallest absolute Gasteiger partial charge is 0.105 e. The van der Waals surface area contributed by atoms with E-state index < -0.39 is 0 Å². The Hall–Kier alpha value is -1.84. The SMILES string of the molecule is Cc1nccn1Cc1cncc(-c2ccc(Cl)cc2)c1.Cl. The third-order valence-corrected chi connectivity index (χ3v) is 3.50. The van der Waals surface area contributed by atoms with Crippen LogP contribution in [0.25, 0.3) is 11.1 Å². The lowest BCUT2D eigenvalue weighted by atomic mass is 10.1. The van der Waals surface area contributed by atoms with Gasteiger partial charge in [-0.15, -0.1) is 12.4 Å². The maximum atomic E-state index is 5.92. The van der Waals surface area contributed by atoms with E-state index in [1.807, 2.05) is 56.0 Å². The second-order valence-electron chi connectivity index (χ2n) is 4.69. The van der Waals surface area contributed by atoms with Gasteiger partial charge < -0.3 is 4.57 Å². The molecule has 0 aliphatic heterocycles. The van der Waals surface area contributed by atoms with Crippen LogP contribution in [0.15, 0.2) is 55.1 Å². The molecule has 0 amide bonds. The van der Waals surface area contributed by atoms with Crippen molar-refractivity contribution in [3.63, 3.8) is 0 Å². The minimum atomic E-state index is 0. The molecule has 21 heavy (non-hydrogen) atoms. The number of imidazole rings is 1. The summed E-state index contributed by atoms with van der Waals surface area (Å²) in [5.74, 6) is 1.00. The number of hydrogen-bond acceptors (Lipinski definition) is 2. The Morgan fingerprint density at radius 1 is 1.10 bits per heavy atom. The number of aromatic nitrogens is 3. The van der Waals surface area contributed by atoms with E-state index in [1.54, 1.807) is 0 Å². The van der Waals surface area contributed by atoms with Crippen LogP contribution in [-0.2, 0) is 6.54 Å². The average Bonchev–Trinajstić information content (AvgIpc) is 2.85. The maximum absolute atomic E-state index is 5.92. The van der Waals surface area contributed by atoms with Crippen molar-refractivity contribution < 1.29 is 0 Å². The van der Waals surface area contributed by atoms with Crippen LogP contribution >= 0.6 is 24.0 Å². The van der Waals surface area contributed by atoms with Crippen molar-refractivity contribution in [1.82, 2.24) is 14.5 Å². The number of nitrogens with zero attached hydrogens (tertiary/aromatic N) is 3. The van der Waals surface area contributed by atoms with Crippen molar-refractivity contribution in [3.05, 3.63) is 71.5 Å². The van der Waals surface area contributed by atoms with Gasteiger partial charge in [-0.25, -0.2) is 4.98 Å². The Labute approximate surface area is 135 Å². The molecule has 0 unspecified atom stereocenters. The molecule has 3 nitrogen and oxygen atoms in total. The summed E-state index contributed by atoms with van der Waals surface area (Å²) in [5.41, 5.74) is 3.36. The molecule has 0 fully saturated rings. The monoisotopic (exact) mass is 319 g/mol. The number of benzene rings is 1. The minimum absolute atomic E-state index is 0. The fourth-order valence-electron chi connectivity index (χ4n) is 2.14. The van der Waals surface area contributed by atoms with Gasteiger partial charge >= 0.3 is 0 Å². The van der Waals surface area contributed by atoms with Gasteiger partial charge in [-0.3, -0.25) is 4.98 Å². The van der Waals surface area contributed by atoms with Gasteiger partial charge in [0.15, 0.2) is 0 Å². The zero-order valence-electron chi connectivity index (χ0n) is 11.5. The Morgan fingerprint density at radius 2 is 1.86 bits per heavy atom. The molecular weight excluding hydrogens is 305 g/mol. The molecule has 3 aromatic rings. The lowest BCUT2D eigenvalue weighted by molar-refractivity contribution is 0.759. The number of rotatable bonds is 3. The fourth-order valence-corrected chi connectivity index (χ4v) is 2.27. The van der Waals surface area contributed by atoms with E-state index in [1.165, 1.54) is 0 Å². The summed E-state index contributed by atoms with van der Waals surface area (Å²) in [6.45, 7) is 2.77. The maximum Gasteiger partial charge on any atom is 0.105 e. The first-order chi connectivity index (χ1) is 9.72. The Balaban J connectivity index is 0.00000161. The molecule has 2 aromatic heterocycles. The molecular formula is C16H15Cl2N3. The van der Waals surface area contributed by atoms with Gasteiger partial charge in [0, 0.05) is 35.4 Å². The van der Waals surface area contributed by atoms with Crippen molar-refractivity contribution in [2.24, 2.45) is 0 Å². The fraction of sp³-hybridized carbons (Fsp3) is 0.125. The van der Waals surface area contributed by atoms with Gasteiger partial charge in [0.1, 0.15) is 5.82 Å². The summed E-state index contributed by atoms with van der Waals surface area (Å²) in [5, 5.41) is 0.743. The standard InChI is InChI=1S/C16H14ClN3.ClH/c1-12-19-6-7-20(12)11-13-8-15(10-18-9-13)14-2-4-16(17)5-3-14;/h2-10H,11H2,1H3;1H. The lowest BCUT2D eigenvalue weighted by Crippen LogP contribution is -2.01. The second-order valence-corrected chi connectivity index (χ2v) is 5.13. The third kappa shape index (κ3) is 3.63. The first-order valence-corrected chi connectivity index (χ1v) is 6.78.